The molecular weight excluding hydrogens is 566 g/mol. The lowest BCUT2D eigenvalue weighted by molar-refractivity contribution is 0.242. The molecule has 41 heavy (non-hydrogen) atoms. The molecule has 2 aliphatic rings. The summed E-state index contributed by atoms with van der Waals surface area (Å²) in [6.45, 7) is 3.94. The fourth-order valence-electron chi connectivity index (χ4n) is 4.78. The Balaban J connectivity index is 1.18. The minimum Gasteiger partial charge on any atom is -0.486 e. The zero-order valence-electron chi connectivity index (χ0n) is 22.6. The van der Waals surface area contributed by atoms with Crippen molar-refractivity contribution in [3.8, 4) is 17.1 Å². The van der Waals surface area contributed by atoms with Gasteiger partial charge in [0.1, 0.15) is 18.3 Å². The van der Waals surface area contributed by atoms with E-state index >= 15 is 0 Å². The second kappa shape index (κ2) is 10.9. The zero-order valence-corrected chi connectivity index (χ0v) is 24.1. The van der Waals surface area contributed by atoms with Gasteiger partial charge < -0.3 is 9.64 Å². The molecule has 214 valence electrons. The molecule has 0 spiro atoms. The molecule has 0 radical (unpaired) electrons. The Hall–Kier alpha value is -3.74. The van der Waals surface area contributed by atoms with E-state index in [1.165, 1.54) is 15.3 Å². The quantitative estimate of drug-likeness (QED) is 0.289. The summed E-state index contributed by atoms with van der Waals surface area (Å²) in [5.74, 6) is 0.117. The lowest BCUT2D eigenvalue weighted by Gasteiger charge is -2.35. The molecule has 0 unspecified atom stereocenters. The molecular formula is C28H30ClN7O4S. The first-order valence-corrected chi connectivity index (χ1v) is 15.4. The molecule has 2 aromatic heterocycles. The number of nitrogens with zero attached hydrogens (tertiary/aromatic N) is 7. The number of hydrogen-bond donors (Lipinski definition) is 0. The highest BCUT2D eigenvalue weighted by molar-refractivity contribution is 7.88. The van der Waals surface area contributed by atoms with Gasteiger partial charge in [0, 0.05) is 36.6 Å². The van der Waals surface area contributed by atoms with Gasteiger partial charge in [-0.1, -0.05) is 36.7 Å². The molecule has 6 rings (SSSR count). The van der Waals surface area contributed by atoms with Gasteiger partial charge in [-0.05, 0) is 48.7 Å². The molecule has 1 aliphatic heterocycles. The van der Waals surface area contributed by atoms with Crippen LogP contribution >= 0.6 is 11.6 Å². The Kier molecular flexibility index (Phi) is 7.30. The van der Waals surface area contributed by atoms with Crippen LogP contribution in [0.3, 0.4) is 0 Å². The topological polar surface area (TPSA) is 115 Å². The van der Waals surface area contributed by atoms with Crippen molar-refractivity contribution < 1.29 is 13.2 Å². The van der Waals surface area contributed by atoms with Crippen LogP contribution in [0.2, 0.25) is 5.02 Å². The van der Waals surface area contributed by atoms with Crippen LogP contribution in [0.4, 0.5) is 5.69 Å². The molecule has 3 heterocycles. The van der Waals surface area contributed by atoms with Crippen LogP contribution in [0.1, 0.15) is 25.3 Å². The van der Waals surface area contributed by atoms with E-state index in [1.807, 2.05) is 17.0 Å². The summed E-state index contributed by atoms with van der Waals surface area (Å²) in [6.07, 6.45) is 6.75. The van der Waals surface area contributed by atoms with Gasteiger partial charge in [-0.15, -0.1) is 0 Å². The third-order valence-corrected chi connectivity index (χ3v) is 9.66. The van der Waals surface area contributed by atoms with Crippen LogP contribution in [-0.2, 0) is 15.8 Å². The first-order chi connectivity index (χ1) is 19.7. The Morgan fingerprint density at radius 3 is 2.41 bits per heavy atom. The Morgan fingerprint density at radius 1 is 1.00 bits per heavy atom. The number of piperazine rings is 1. The predicted octanol–water partition coefficient (Wildman–Crippen LogP) is 3.30. The molecule has 1 saturated heterocycles. The maximum absolute atomic E-state index is 13.6. The lowest BCUT2D eigenvalue weighted by atomic mass is 10.2. The second-order valence-corrected chi connectivity index (χ2v) is 13.2. The van der Waals surface area contributed by atoms with Crippen LogP contribution < -0.4 is 15.2 Å². The molecule has 2 aromatic carbocycles. The number of anilines is 1. The fraction of sp³-hybridized carbons (Fsp3) is 0.357. The summed E-state index contributed by atoms with van der Waals surface area (Å²) in [4.78, 5) is 19.5. The Labute approximate surface area is 243 Å². The lowest BCUT2D eigenvalue weighted by Crippen LogP contribution is -2.49. The van der Waals surface area contributed by atoms with E-state index < -0.39 is 10.0 Å². The van der Waals surface area contributed by atoms with Gasteiger partial charge in [0.15, 0.2) is 0 Å². The highest BCUT2D eigenvalue weighted by Crippen LogP contribution is 2.45. The first-order valence-electron chi connectivity index (χ1n) is 13.4. The highest BCUT2D eigenvalue weighted by Gasteiger charge is 2.39. The molecule has 0 amide bonds. The van der Waals surface area contributed by atoms with Crippen LogP contribution in [0.15, 0.2) is 72.2 Å². The van der Waals surface area contributed by atoms with E-state index in [0.29, 0.717) is 41.7 Å². The van der Waals surface area contributed by atoms with Crippen molar-refractivity contribution in [2.24, 2.45) is 5.41 Å². The minimum atomic E-state index is -3.55. The number of hydrogen-bond acceptors (Lipinski definition) is 8. The standard InChI is InChI=1S/C28H30ClN7O4S/c1-28(9-10-28)18-40-26-25(16-31-36(27(26)37)24-4-2-3-22(29)15-24)33-11-13-34(14-12-33)41(38,39)17-21-5-7-23(8-6-21)35-20-30-19-32-35/h2-8,15-16,19-20H,9-14,17-18H2,1H3. The van der Waals surface area contributed by atoms with E-state index in [2.05, 4.69) is 22.1 Å². The zero-order chi connectivity index (χ0) is 28.6. The van der Waals surface area contributed by atoms with Crippen molar-refractivity contribution in [3.63, 3.8) is 0 Å². The van der Waals surface area contributed by atoms with Gasteiger partial charge in [0.05, 0.1) is 29.9 Å². The summed E-state index contributed by atoms with van der Waals surface area (Å²) >= 11 is 6.16. The van der Waals surface area contributed by atoms with E-state index in [1.54, 1.807) is 53.6 Å². The van der Waals surface area contributed by atoms with Gasteiger partial charge >= 0.3 is 5.56 Å². The average molecular weight is 596 g/mol. The van der Waals surface area contributed by atoms with Crippen LogP contribution in [0.25, 0.3) is 11.4 Å². The largest absolute Gasteiger partial charge is 0.486 e. The number of aromatic nitrogens is 5. The third-order valence-electron chi connectivity index (χ3n) is 7.58. The minimum absolute atomic E-state index is 0.0636. The Bertz CT molecular complexity index is 1700. The van der Waals surface area contributed by atoms with Crippen LogP contribution in [-0.4, -0.2) is 70.1 Å². The molecule has 4 aromatic rings. The van der Waals surface area contributed by atoms with Gasteiger partial charge in [0.2, 0.25) is 15.8 Å². The van der Waals surface area contributed by atoms with Gasteiger partial charge in [-0.2, -0.15) is 19.2 Å². The molecule has 2 fully saturated rings. The third kappa shape index (κ3) is 5.99. The van der Waals surface area contributed by atoms with E-state index in [4.69, 9.17) is 16.3 Å². The molecule has 1 saturated carbocycles. The number of halogens is 1. The summed E-state index contributed by atoms with van der Waals surface area (Å²) in [5.41, 5.74) is 2.29. The monoisotopic (exact) mass is 595 g/mol. The summed E-state index contributed by atoms with van der Waals surface area (Å²) < 4.78 is 37.1. The maximum Gasteiger partial charge on any atom is 0.316 e. The summed E-state index contributed by atoms with van der Waals surface area (Å²) in [6, 6.07) is 14.1. The van der Waals surface area contributed by atoms with Crippen molar-refractivity contribution >= 4 is 27.3 Å². The molecule has 1 aliphatic carbocycles. The predicted molar refractivity (Wildman–Crippen MR) is 155 cm³/mol. The SMILES string of the molecule is CC1(COc2c(N3CCN(S(=O)(=O)Cc4ccc(-n5cncn5)cc4)CC3)cnn(-c3cccc(Cl)c3)c2=O)CC1. The van der Waals surface area contributed by atoms with Crippen molar-refractivity contribution in [1.29, 1.82) is 0 Å². The van der Waals surface area contributed by atoms with Gasteiger partial charge in [-0.25, -0.2) is 18.1 Å². The number of sulfonamides is 1. The molecule has 0 N–H and O–H groups in total. The van der Waals surface area contributed by atoms with E-state index in [-0.39, 0.29) is 35.6 Å². The average Bonchev–Trinajstić information content (AvgIpc) is 3.45. The fourth-order valence-corrected chi connectivity index (χ4v) is 6.48. The van der Waals surface area contributed by atoms with Crippen LogP contribution in [0, 0.1) is 5.41 Å². The van der Waals surface area contributed by atoms with Crippen molar-refractivity contribution in [1.82, 2.24) is 28.9 Å². The molecule has 0 bridgehead atoms. The summed E-state index contributed by atoms with van der Waals surface area (Å²) in [5, 5.41) is 9.01. The van der Waals surface area contributed by atoms with Crippen LogP contribution in [0.5, 0.6) is 5.75 Å². The van der Waals surface area contributed by atoms with E-state index in [9.17, 15) is 13.2 Å². The Morgan fingerprint density at radius 2 is 1.76 bits per heavy atom. The molecule has 13 heteroatoms. The molecule has 11 nitrogen and oxygen atoms in total. The highest BCUT2D eigenvalue weighted by atomic mass is 35.5. The second-order valence-electron chi connectivity index (χ2n) is 10.8. The molecule has 0 atom stereocenters. The van der Waals surface area contributed by atoms with Gasteiger partial charge in [0.25, 0.3) is 0 Å². The van der Waals surface area contributed by atoms with Crippen molar-refractivity contribution in [2.45, 2.75) is 25.5 Å². The number of ether oxygens (including phenoxy) is 1. The van der Waals surface area contributed by atoms with Crippen molar-refractivity contribution in [3.05, 3.63) is 88.3 Å². The normalized spacial score (nSPS) is 17.0. The number of rotatable bonds is 9. The van der Waals surface area contributed by atoms with Crippen molar-refractivity contribution in [2.75, 3.05) is 37.7 Å². The number of benzene rings is 2. The summed E-state index contributed by atoms with van der Waals surface area (Å²) in [7, 11) is -3.55. The smallest absolute Gasteiger partial charge is 0.316 e. The first kappa shape index (κ1) is 27.4. The van der Waals surface area contributed by atoms with Gasteiger partial charge in [-0.3, -0.25) is 4.79 Å². The maximum atomic E-state index is 13.6. The van der Waals surface area contributed by atoms with E-state index in [0.717, 1.165) is 18.5 Å².